The van der Waals surface area contributed by atoms with Gasteiger partial charge < -0.3 is 9.26 Å². The van der Waals surface area contributed by atoms with Gasteiger partial charge in [-0.2, -0.15) is 18.2 Å². The molecular weight excluding hydrogens is 337 g/mol. The molecule has 0 spiro atoms. The zero-order valence-corrected chi connectivity index (χ0v) is 14.3. The summed E-state index contributed by atoms with van der Waals surface area (Å²) >= 11 is 0. The van der Waals surface area contributed by atoms with Gasteiger partial charge in [-0.1, -0.05) is 24.2 Å². The molecule has 0 unspecified atom stereocenters. The van der Waals surface area contributed by atoms with Crippen molar-refractivity contribution in [3.63, 3.8) is 0 Å². The van der Waals surface area contributed by atoms with Gasteiger partial charge in [-0.15, -0.1) is 0 Å². The monoisotopic (exact) mass is 356 g/mol. The van der Waals surface area contributed by atoms with E-state index in [9.17, 15) is 18.0 Å². The Balaban J connectivity index is 2.08. The van der Waals surface area contributed by atoms with Crippen molar-refractivity contribution in [2.75, 3.05) is 0 Å². The first-order chi connectivity index (χ1) is 11.5. The van der Waals surface area contributed by atoms with Crippen molar-refractivity contribution in [3.05, 3.63) is 35.7 Å². The molecule has 0 aliphatic carbocycles. The minimum atomic E-state index is -4.40. The Labute approximate surface area is 143 Å². The average Bonchev–Trinajstić information content (AvgIpc) is 2.94. The minimum Gasteiger partial charge on any atom is -0.460 e. The van der Waals surface area contributed by atoms with Gasteiger partial charge in [0.25, 0.3) is 0 Å². The Morgan fingerprint density at radius 2 is 1.80 bits per heavy atom. The highest BCUT2D eigenvalue weighted by atomic mass is 19.4. The lowest BCUT2D eigenvalue weighted by molar-refractivity contribution is -0.155. The number of carbonyl (C=O) groups excluding carboxylic acids is 1. The lowest BCUT2D eigenvalue weighted by Gasteiger charge is -2.20. The van der Waals surface area contributed by atoms with Gasteiger partial charge in [0.2, 0.25) is 11.7 Å². The molecule has 0 aliphatic heterocycles. The Morgan fingerprint density at radius 1 is 1.20 bits per heavy atom. The molecular formula is C17H19F3N2O3. The van der Waals surface area contributed by atoms with Gasteiger partial charge in [0.15, 0.2) is 0 Å². The first-order valence-electron chi connectivity index (χ1n) is 7.69. The van der Waals surface area contributed by atoms with E-state index in [4.69, 9.17) is 9.26 Å². The number of hydrogen-bond acceptors (Lipinski definition) is 5. The van der Waals surface area contributed by atoms with Crippen LogP contribution in [0.5, 0.6) is 0 Å². The van der Waals surface area contributed by atoms with Gasteiger partial charge >= 0.3 is 12.1 Å². The van der Waals surface area contributed by atoms with Crippen molar-refractivity contribution >= 4 is 5.97 Å². The summed E-state index contributed by atoms with van der Waals surface area (Å²) in [5, 5.41) is 3.76. The molecule has 0 saturated carbocycles. The zero-order chi connectivity index (χ0) is 18.8. The first kappa shape index (κ1) is 19.0. The van der Waals surface area contributed by atoms with E-state index >= 15 is 0 Å². The summed E-state index contributed by atoms with van der Waals surface area (Å²) in [6.07, 6.45) is -4.34. The summed E-state index contributed by atoms with van der Waals surface area (Å²) in [4.78, 5) is 16.0. The molecule has 0 N–H and O–H groups in total. The smallest absolute Gasteiger partial charge is 0.416 e. The molecule has 1 aromatic heterocycles. The van der Waals surface area contributed by atoms with Gasteiger partial charge in [0.05, 0.1) is 12.0 Å². The Kier molecular flexibility index (Phi) is 5.20. The van der Waals surface area contributed by atoms with E-state index in [0.29, 0.717) is 5.56 Å². The molecule has 0 bridgehead atoms. The second-order valence-corrected chi connectivity index (χ2v) is 6.72. The van der Waals surface area contributed by atoms with Crippen molar-refractivity contribution in [1.82, 2.24) is 10.1 Å². The number of rotatable bonds is 4. The van der Waals surface area contributed by atoms with Gasteiger partial charge in [0, 0.05) is 11.5 Å². The standard InChI is InChI=1S/C17H19F3N2O3/c1-10(9-13(23)24-16(2,3)4)15-21-14(22-25-15)11-5-7-12(8-6-11)17(18,19)20/h5-8,10H,9H2,1-4H3/t10-/m1/s1. The molecule has 1 aromatic carbocycles. The zero-order valence-electron chi connectivity index (χ0n) is 14.3. The number of nitrogens with zero attached hydrogens (tertiary/aromatic N) is 2. The van der Waals surface area contributed by atoms with Crippen LogP contribution in [0.2, 0.25) is 0 Å². The van der Waals surface area contributed by atoms with Gasteiger partial charge in [-0.25, -0.2) is 0 Å². The molecule has 2 rings (SSSR count). The van der Waals surface area contributed by atoms with Crippen LogP contribution in [-0.2, 0) is 15.7 Å². The third-order valence-corrected chi connectivity index (χ3v) is 3.23. The molecule has 0 radical (unpaired) electrons. The van der Waals surface area contributed by atoms with Crippen LogP contribution in [0.15, 0.2) is 28.8 Å². The van der Waals surface area contributed by atoms with Crippen molar-refractivity contribution in [2.24, 2.45) is 0 Å². The molecule has 1 heterocycles. The maximum atomic E-state index is 12.6. The number of alkyl halides is 3. The maximum absolute atomic E-state index is 12.6. The maximum Gasteiger partial charge on any atom is 0.416 e. The third kappa shape index (κ3) is 5.30. The normalized spacial score (nSPS) is 13.6. The molecule has 0 saturated heterocycles. The number of benzene rings is 1. The fourth-order valence-electron chi connectivity index (χ4n) is 2.08. The number of ether oxygens (including phenoxy) is 1. The van der Waals surface area contributed by atoms with Crippen LogP contribution in [0.25, 0.3) is 11.4 Å². The van der Waals surface area contributed by atoms with Crippen LogP contribution < -0.4 is 0 Å². The van der Waals surface area contributed by atoms with E-state index in [0.717, 1.165) is 12.1 Å². The molecule has 0 amide bonds. The fourth-order valence-corrected chi connectivity index (χ4v) is 2.08. The van der Waals surface area contributed by atoms with Crippen LogP contribution in [0, 0.1) is 0 Å². The van der Waals surface area contributed by atoms with E-state index in [2.05, 4.69) is 10.1 Å². The summed E-state index contributed by atoms with van der Waals surface area (Å²) in [5.74, 6) is -0.375. The summed E-state index contributed by atoms with van der Waals surface area (Å²) < 4.78 is 48.1. The molecule has 0 fully saturated rings. The fraction of sp³-hybridized carbons (Fsp3) is 0.471. The topological polar surface area (TPSA) is 65.2 Å². The number of halogens is 3. The SMILES string of the molecule is C[C@H](CC(=O)OC(C)(C)C)c1nc(-c2ccc(C(F)(F)F)cc2)no1. The van der Waals surface area contributed by atoms with Crippen molar-refractivity contribution in [2.45, 2.75) is 51.8 Å². The minimum absolute atomic E-state index is 0.0614. The third-order valence-electron chi connectivity index (χ3n) is 3.23. The Hall–Kier alpha value is -2.38. The molecule has 136 valence electrons. The highest BCUT2D eigenvalue weighted by Gasteiger charge is 2.30. The van der Waals surface area contributed by atoms with Crippen LogP contribution in [-0.4, -0.2) is 21.7 Å². The highest BCUT2D eigenvalue weighted by Crippen LogP contribution is 2.31. The summed E-state index contributed by atoms with van der Waals surface area (Å²) in [5.41, 5.74) is -0.942. The quantitative estimate of drug-likeness (QED) is 0.750. The van der Waals surface area contributed by atoms with Crippen LogP contribution in [0.3, 0.4) is 0 Å². The molecule has 25 heavy (non-hydrogen) atoms. The van der Waals surface area contributed by atoms with E-state index in [1.165, 1.54) is 12.1 Å². The molecule has 1 atom stereocenters. The molecule has 0 aliphatic rings. The van der Waals surface area contributed by atoms with Crippen LogP contribution in [0.4, 0.5) is 13.2 Å². The van der Waals surface area contributed by atoms with Gasteiger partial charge in [0.1, 0.15) is 5.60 Å². The molecule has 8 heteroatoms. The first-order valence-corrected chi connectivity index (χ1v) is 7.69. The van der Waals surface area contributed by atoms with E-state index < -0.39 is 23.3 Å². The lowest BCUT2D eigenvalue weighted by atomic mass is 10.1. The van der Waals surface area contributed by atoms with Gasteiger partial charge in [-0.3, -0.25) is 4.79 Å². The Bertz CT molecular complexity index is 731. The Morgan fingerprint density at radius 3 is 2.32 bits per heavy atom. The summed E-state index contributed by atoms with van der Waals surface area (Å²) in [6, 6.07) is 4.46. The van der Waals surface area contributed by atoms with E-state index in [-0.39, 0.29) is 24.1 Å². The number of carbonyl (C=O) groups is 1. The second kappa shape index (κ2) is 6.85. The number of aromatic nitrogens is 2. The van der Waals surface area contributed by atoms with Crippen molar-refractivity contribution in [3.8, 4) is 11.4 Å². The summed E-state index contributed by atoms with van der Waals surface area (Å²) in [6.45, 7) is 7.04. The number of hydrogen-bond donors (Lipinski definition) is 0. The largest absolute Gasteiger partial charge is 0.460 e. The van der Waals surface area contributed by atoms with Crippen molar-refractivity contribution in [1.29, 1.82) is 0 Å². The second-order valence-electron chi connectivity index (χ2n) is 6.72. The van der Waals surface area contributed by atoms with Gasteiger partial charge in [-0.05, 0) is 32.9 Å². The highest BCUT2D eigenvalue weighted by molar-refractivity contribution is 5.70. The van der Waals surface area contributed by atoms with E-state index in [1.807, 2.05) is 0 Å². The van der Waals surface area contributed by atoms with E-state index in [1.54, 1.807) is 27.7 Å². The average molecular weight is 356 g/mol. The lowest BCUT2D eigenvalue weighted by Crippen LogP contribution is -2.24. The summed E-state index contributed by atoms with van der Waals surface area (Å²) in [7, 11) is 0. The predicted molar refractivity (Wildman–Crippen MR) is 83.6 cm³/mol. The molecule has 2 aromatic rings. The van der Waals surface area contributed by atoms with Crippen LogP contribution in [0.1, 0.15) is 51.5 Å². The number of esters is 1. The van der Waals surface area contributed by atoms with Crippen molar-refractivity contribution < 1.29 is 27.2 Å². The predicted octanol–water partition coefficient (Wildman–Crippen LogP) is 4.59. The van der Waals surface area contributed by atoms with Crippen LogP contribution >= 0.6 is 0 Å². The molecule has 5 nitrogen and oxygen atoms in total.